The number of aliphatic carboxylic acids is 1. The van der Waals surface area contributed by atoms with Crippen LogP contribution in [0.25, 0.3) is 0 Å². The van der Waals surface area contributed by atoms with Gasteiger partial charge in [-0.15, -0.1) is 0 Å². The van der Waals surface area contributed by atoms with Crippen molar-refractivity contribution in [2.24, 2.45) is 0 Å². The second-order valence-corrected chi connectivity index (χ2v) is 3.65. The number of carboxylic acid groups (broad SMARTS) is 1. The molecular weight excluding hydrogens is 196 g/mol. The minimum absolute atomic E-state index is 0.0858. The Balaban J connectivity index is 2.10. The number of carboxylic acids is 1. The quantitative estimate of drug-likeness (QED) is 0.561. The molecule has 0 aliphatic carbocycles. The first-order valence-corrected chi connectivity index (χ1v) is 5.33. The molecule has 1 heterocycles. The Kier molecular flexibility index (Phi) is 5.36. The molecule has 1 fully saturated rings. The highest BCUT2D eigenvalue weighted by atomic mass is 16.7. The van der Waals surface area contributed by atoms with Crippen molar-refractivity contribution in [3.63, 3.8) is 0 Å². The number of rotatable bonds is 5. The Bertz CT molecular complexity index is 229. The molecule has 15 heavy (non-hydrogen) atoms. The second kappa shape index (κ2) is 6.58. The molecule has 0 aromatic rings. The molecule has 4 heteroatoms. The summed E-state index contributed by atoms with van der Waals surface area (Å²) in [6.07, 6.45) is 5.41. The van der Waals surface area contributed by atoms with Gasteiger partial charge in [0.1, 0.15) is 0 Å². The van der Waals surface area contributed by atoms with Gasteiger partial charge >= 0.3 is 5.97 Å². The van der Waals surface area contributed by atoms with Crippen LogP contribution in [0.4, 0.5) is 0 Å². The molecule has 4 nitrogen and oxygen atoms in total. The molecule has 0 aromatic carbocycles. The van der Waals surface area contributed by atoms with Gasteiger partial charge in [0.05, 0.1) is 6.61 Å². The maximum absolute atomic E-state index is 10.5. The zero-order valence-corrected chi connectivity index (χ0v) is 9.07. The molecule has 1 rings (SSSR count). The van der Waals surface area contributed by atoms with Crippen molar-refractivity contribution >= 4 is 5.97 Å². The smallest absolute Gasteiger partial charge is 0.330 e. The molecule has 0 radical (unpaired) electrons. The van der Waals surface area contributed by atoms with Crippen LogP contribution in [0.5, 0.6) is 0 Å². The van der Waals surface area contributed by atoms with Crippen LogP contribution in [0.1, 0.15) is 32.6 Å². The fourth-order valence-electron chi connectivity index (χ4n) is 1.40. The van der Waals surface area contributed by atoms with Crippen LogP contribution in [0, 0.1) is 0 Å². The van der Waals surface area contributed by atoms with Crippen molar-refractivity contribution in [3.8, 4) is 0 Å². The Morgan fingerprint density at radius 1 is 1.60 bits per heavy atom. The molecule has 1 atom stereocenters. The van der Waals surface area contributed by atoms with Gasteiger partial charge in [-0.2, -0.15) is 0 Å². The first-order valence-electron chi connectivity index (χ1n) is 5.33. The highest BCUT2D eigenvalue weighted by Gasteiger charge is 2.13. The summed E-state index contributed by atoms with van der Waals surface area (Å²) in [6, 6.07) is 0. The SMILES string of the molecule is CC(=CCCOC1CCCCO1)C(=O)O. The van der Waals surface area contributed by atoms with Gasteiger partial charge in [-0.3, -0.25) is 0 Å². The van der Waals surface area contributed by atoms with E-state index >= 15 is 0 Å². The van der Waals surface area contributed by atoms with E-state index in [0.29, 0.717) is 18.6 Å². The van der Waals surface area contributed by atoms with Crippen molar-refractivity contribution in [1.82, 2.24) is 0 Å². The van der Waals surface area contributed by atoms with Crippen LogP contribution >= 0.6 is 0 Å². The van der Waals surface area contributed by atoms with Crippen LogP contribution in [-0.2, 0) is 14.3 Å². The Labute approximate surface area is 89.9 Å². The predicted octanol–water partition coefficient (Wildman–Crippen LogP) is 1.95. The van der Waals surface area contributed by atoms with E-state index in [-0.39, 0.29) is 6.29 Å². The first-order chi connectivity index (χ1) is 7.20. The van der Waals surface area contributed by atoms with Gasteiger partial charge in [0.15, 0.2) is 6.29 Å². The summed E-state index contributed by atoms with van der Waals surface area (Å²) in [6.45, 7) is 2.88. The maximum atomic E-state index is 10.5. The van der Waals surface area contributed by atoms with Gasteiger partial charge in [-0.05, 0) is 32.6 Å². The lowest BCUT2D eigenvalue weighted by Crippen LogP contribution is -2.22. The Morgan fingerprint density at radius 2 is 2.40 bits per heavy atom. The molecule has 0 amide bonds. The normalized spacial score (nSPS) is 22.7. The third kappa shape index (κ3) is 4.95. The van der Waals surface area contributed by atoms with E-state index in [0.717, 1.165) is 25.9 Å². The van der Waals surface area contributed by atoms with Crippen molar-refractivity contribution in [1.29, 1.82) is 0 Å². The summed E-state index contributed by atoms with van der Waals surface area (Å²) in [5.74, 6) is -0.871. The Morgan fingerprint density at radius 3 is 3.00 bits per heavy atom. The van der Waals surface area contributed by atoms with E-state index in [1.165, 1.54) is 0 Å². The molecule has 86 valence electrons. The van der Waals surface area contributed by atoms with Gasteiger partial charge in [0.2, 0.25) is 0 Å². The molecule has 0 aromatic heterocycles. The summed E-state index contributed by atoms with van der Waals surface area (Å²) in [4.78, 5) is 10.5. The summed E-state index contributed by atoms with van der Waals surface area (Å²) in [5.41, 5.74) is 0.364. The fraction of sp³-hybridized carbons (Fsp3) is 0.727. The third-order valence-corrected chi connectivity index (χ3v) is 2.35. The average molecular weight is 214 g/mol. The van der Waals surface area contributed by atoms with Gasteiger partial charge in [-0.25, -0.2) is 4.79 Å². The van der Waals surface area contributed by atoms with Crippen LogP contribution in [0.2, 0.25) is 0 Å². The summed E-state index contributed by atoms with van der Waals surface area (Å²) < 4.78 is 10.8. The summed E-state index contributed by atoms with van der Waals surface area (Å²) >= 11 is 0. The predicted molar refractivity (Wildman–Crippen MR) is 55.6 cm³/mol. The van der Waals surface area contributed by atoms with E-state index in [2.05, 4.69) is 0 Å². The molecule has 1 aliphatic rings. The fourth-order valence-corrected chi connectivity index (χ4v) is 1.40. The molecule has 0 saturated carbocycles. The van der Waals surface area contributed by atoms with Crippen molar-refractivity contribution in [2.75, 3.05) is 13.2 Å². The molecule has 1 unspecified atom stereocenters. The van der Waals surface area contributed by atoms with E-state index in [4.69, 9.17) is 14.6 Å². The maximum Gasteiger partial charge on any atom is 0.330 e. The highest BCUT2D eigenvalue weighted by molar-refractivity contribution is 5.85. The van der Waals surface area contributed by atoms with E-state index in [1.54, 1.807) is 13.0 Å². The van der Waals surface area contributed by atoms with Crippen LogP contribution < -0.4 is 0 Å². The monoisotopic (exact) mass is 214 g/mol. The van der Waals surface area contributed by atoms with Gasteiger partial charge in [-0.1, -0.05) is 6.08 Å². The molecule has 0 spiro atoms. The number of hydrogen-bond donors (Lipinski definition) is 1. The summed E-state index contributed by atoms with van der Waals surface area (Å²) in [5, 5.41) is 8.60. The minimum Gasteiger partial charge on any atom is -0.478 e. The van der Waals surface area contributed by atoms with Gasteiger partial charge in [0, 0.05) is 12.2 Å². The molecule has 1 aliphatic heterocycles. The topological polar surface area (TPSA) is 55.8 Å². The second-order valence-electron chi connectivity index (χ2n) is 3.65. The standard InChI is InChI=1S/C11H18O4/c1-9(11(12)13)5-4-8-15-10-6-2-3-7-14-10/h5,10H,2-4,6-8H2,1H3,(H,12,13). The highest BCUT2D eigenvalue weighted by Crippen LogP contribution is 2.13. The Hall–Kier alpha value is -0.870. The van der Waals surface area contributed by atoms with Crippen molar-refractivity contribution in [3.05, 3.63) is 11.6 Å². The van der Waals surface area contributed by atoms with Crippen LogP contribution in [0.15, 0.2) is 11.6 Å². The number of carbonyl (C=O) groups is 1. The largest absolute Gasteiger partial charge is 0.478 e. The lowest BCUT2D eigenvalue weighted by atomic mass is 10.2. The minimum atomic E-state index is -0.871. The third-order valence-electron chi connectivity index (χ3n) is 2.35. The molecular formula is C11H18O4. The average Bonchev–Trinajstić information content (AvgIpc) is 2.25. The molecule has 0 bridgehead atoms. The van der Waals surface area contributed by atoms with Crippen LogP contribution in [0.3, 0.4) is 0 Å². The number of ether oxygens (including phenoxy) is 2. The van der Waals surface area contributed by atoms with Crippen molar-refractivity contribution in [2.45, 2.75) is 38.9 Å². The molecule has 1 saturated heterocycles. The lowest BCUT2D eigenvalue weighted by molar-refractivity contribution is -0.161. The lowest BCUT2D eigenvalue weighted by Gasteiger charge is -2.22. The summed E-state index contributed by atoms with van der Waals surface area (Å²) in [7, 11) is 0. The first kappa shape index (κ1) is 12.2. The van der Waals surface area contributed by atoms with Gasteiger partial charge < -0.3 is 14.6 Å². The zero-order valence-electron chi connectivity index (χ0n) is 9.07. The van der Waals surface area contributed by atoms with Crippen molar-refractivity contribution < 1.29 is 19.4 Å². The van der Waals surface area contributed by atoms with Crippen LogP contribution in [-0.4, -0.2) is 30.6 Å². The zero-order chi connectivity index (χ0) is 11.1. The van der Waals surface area contributed by atoms with Gasteiger partial charge in [0.25, 0.3) is 0 Å². The van der Waals surface area contributed by atoms with E-state index in [1.807, 2.05) is 0 Å². The number of hydrogen-bond acceptors (Lipinski definition) is 3. The van der Waals surface area contributed by atoms with E-state index < -0.39 is 5.97 Å². The van der Waals surface area contributed by atoms with E-state index in [9.17, 15) is 4.79 Å². The molecule has 1 N–H and O–H groups in total.